The van der Waals surface area contributed by atoms with E-state index in [0.29, 0.717) is 16.9 Å². The smallest absolute Gasteiger partial charge is 0.0185 e. The van der Waals surface area contributed by atoms with Gasteiger partial charge in [-0.15, -0.1) is 0 Å². The highest BCUT2D eigenvalue weighted by molar-refractivity contribution is 5.04. The molecule has 0 saturated carbocycles. The maximum atomic E-state index is 3.72. The summed E-state index contributed by atoms with van der Waals surface area (Å²) in [6.45, 7) is 10.8. The zero-order valence-corrected chi connectivity index (χ0v) is 9.82. The summed E-state index contributed by atoms with van der Waals surface area (Å²) >= 11 is 0. The quantitative estimate of drug-likeness (QED) is 0.617. The van der Waals surface area contributed by atoms with Crippen molar-refractivity contribution < 1.29 is 0 Å². The highest BCUT2D eigenvalue weighted by atomic mass is 15.0. The maximum absolute atomic E-state index is 3.72. The van der Waals surface area contributed by atoms with Crippen LogP contribution in [-0.2, 0) is 0 Å². The molecule has 2 atom stereocenters. The number of hydrogen-bond acceptors (Lipinski definition) is 2. The van der Waals surface area contributed by atoms with Gasteiger partial charge in [0, 0.05) is 12.6 Å². The van der Waals surface area contributed by atoms with E-state index in [4.69, 9.17) is 0 Å². The molecule has 2 heteroatoms. The highest BCUT2D eigenvalue weighted by Gasteiger charge is 2.48. The molecular weight excluding hydrogens is 172 g/mol. The SMILES string of the molecule is CC(C)(C)[C@H]1NCCC12CCCNC2. The molecule has 2 heterocycles. The topological polar surface area (TPSA) is 24.1 Å². The van der Waals surface area contributed by atoms with Crippen LogP contribution in [-0.4, -0.2) is 25.7 Å². The molecule has 2 fully saturated rings. The molecule has 2 saturated heterocycles. The van der Waals surface area contributed by atoms with Crippen LogP contribution in [0.5, 0.6) is 0 Å². The molecule has 0 aromatic rings. The Balaban J connectivity index is 2.16. The first-order valence-electron chi connectivity index (χ1n) is 5.99. The van der Waals surface area contributed by atoms with E-state index < -0.39 is 0 Å². The van der Waals surface area contributed by atoms with E-state index in [0.717, 1.165) is 0 Å². The van der Waals surface area contributed by atoms with E-state index in [-0.39, 0.29) is 0 Å². The van der Waals surface area contributed by atoms with Crippen LogP contribution < -0.4 is 10.6 Å². The lowest BCUT2D eigenvalue weighted by molar-refractivity contribution is 0.106. The Labute approximate surface area is 87.8 Å². The van der Waals surface area contributed by atoms with E-state index in [1.807, 2.05) is 0 Å². The van der Waals surface area contributed by atoms with Crippen LogP contribution in [0, 0.1) is 10.8 Å². The Kier molecular flexibility index (Phi) is 2.61. The summed E-state index contributed by atoms with van der Waals surface area (Å²) in [5.41, 5.74) is 0.950. The standard InChI is InChI=1S/C12H24N2/c1-11(2,3)10-12(6-8-14-10)5-4-7-13-9-12/h10,13-14H,4-9H2,1-3H3/t10-,12?/m1/s1. The minimum absolute atomic E-state index is 0.398. The van der Waals surface area contributed by atoms with E-state index >= 15 is 0 Å². The Morgan fingerprint density at radius 1 is 1.14 bits per heavy atom. The van der Waals surface area contributed by atoms with Gasteiger partial charge < -0.3 is 10.6 Å². The third-order valence-electron chi connectivity index (χ3n) is 3.96. The van der Waals surface area contributed by atoms with Crippen molar-refractivity contribution in [2.45, 2.75) is 46.1 Å². The Hall–Kier alpha value is -0.0800. The van der Waals surface area contributed by atoms with Gasteiger partial charge in [-0.3, -0.25) is 0 Å². The van der Waals surface area contributed by atoms with Crippen LogP contribution in [0.1, 0.15) is 40.0 Å². The molecule has 0 aliphatic carbocycles. The molecule has 2 aliphatic heterocycles. The zero-order chi connectivity index (χ0) is 10.2. The Morgan fingerprint density at radius 3 is 2.50 bits per heavy atom. The molecule has 0 aromatic heterocycles. The molecule has 2 aliphatic rings. The monoisotopic (exact) mass is 196 g/mol. The summed E-state index contributed by atoms with van der Waals surface area (Å²) < 4.78 is 0. The molecule has 0 bridgehead atoms. The number of rotatable bonds is 0. The maximum Gasteiger partial charge on any atom is 0.0185 e. The van der Waals surface area contributed by atoms with Crippen molar-refractivity contribution in [2.24, 2.45) is 10.8 Å². The molecule has 0 radical (unpaired) electrons. The minimum atomic E-state index is 0.398. The first-order chi connectivity index (χ1) is 6.55. The van der Waals surface area contributed by atoms with Gasteiger partial charge in [0.15, 0.2) is 0 Å². The molecule has 2 nitrogen and oxygen atoms in total. The molecule has 82 valence electrons. The van der Waals surface area contributed by atoms with Crippen molar-refractivity contribution in [3.8, 4) is 0 Å². The largest absolute Gasteiger partial charge is 0.316 e. The third-order valence-corrected chi connectivity index (χ3v) is 3.96. The van der Waals surface area contributed by atoms with Crippen LogP contribution >= 0.6 is 0 Å². The molecular formula is C12H24N2. The van der Waals surface area contributed by atoms with Gasteiger partial charge in [0.1, 0.15) is 0 Å². The van der Waals surface area contributed by atoms with Gasteiger partial charge in [-0.2, -0.15) is 0 Å². The van der Waals surface area contributed by atoms with Gasteiger partial charge in [-0.1, -0.05) is 20.8 Å². The average Bonchev–Trinajstić information content (AvgIpc) is 2.49. The second-order valence-corrected chi connectivity index (χ2v) is 6.15. The third kappa shape index (κ3) is 1.70. The molecule has 2 rings (SSSR count). The predicted molar refractivity (Wildman–Crippen MR) is 60.4 cm³/mol. The van der Waals surface area contributed by atoms with Crippen LogP contribution in [0.15, 0.2) is 0 Å². The van der Waals surface area contributed by atoms with Gasteiger partial charge in [0.05, 0.1) is 0 Å². The van der Waals surface area contributed by atoms with Gasteiger partial charge in [0.2, 0.25) is 0 Å². The second-order valence-electron chi connectivity index (χ2n) is 6.15. The van der Waals surface area contributed by atoms with E-state index in [9.17, 15) is 0 Å². The molecule has 14 heavy (non-hydrogen) atoms. The minimum Gasteiger partial charge on any atom is -0.316 e. The van der Waals surface area contributed by atoms with E-state index in [1.165, 1.54) is 38.9 Å². The van der Waals surface area contributed by atoms with Gasteiger partial charge in [0.25, 0.3) is 0 Å². The summed E-state index contributed by atoms with van der Waals surface area (Å²) in [6.07, 6.45) is 4.13. The predicted octanol–water partition coefficient (Wildman–Crippen LogP) is 1.76. The Bertz CT molecular complexity index is 199. The van der Waals surface area contributed by atoms with Gasteiger partial charge in [-0.05, 0) is 43.2 Å². The summed E-state index contributed by atoms with van der Waals surface area (Å²) in [5.74, 6) is 0. The van der Waals surface area contributed by atoms with E-state index in [1.54, 1.807) is 0 Å². The number of piperidine rings is 1. The van der Waals surface area contributed by atoms with Crippen LogP contribution in [0.4, 0.5) is 0 Å². The lowest BCUT2D eigenvalue weighted by Gasteiger charge is -2.44. The molecule has 1 spiro atoms. The first-order valence-corrected chi connectivity index (χ1v) is 5.99. The fourth-order valence-electron chi connectivity index (χ4n) is 3.50. The van der Waals surface area contributed by atoms with E-state index in [2.05, 4.69) is 31.4 Å². The Morgan fingerprint density at radius 2 is 1.93 bits per heavy atom. The van der Waals surface area contributed by atoms with Crippen molar-refractivity contribution in [2.75, 3.05) is 19.6 Å². The zero-order valence-electron chi connectivity index (χ0n) is 9.82. The fourth-order valence-corrected chi connectivity index (χ4v) is 3.50. The van der Waals surface area contributed by atoms with Crippen molar-refractivity contribution in [1.82, 2.24) is 10.6 Å². The molecule has 1 unspecified atom stereocenters. The molecule has 2 N–H and O–H groups in total. The van der Waals surface area contributed by atoms with Crippen molar-refractivity contribution in [3.63, 3.8) is 0 Å². The number of hydrogen-bond donors (Lipinski definition) is 2. The normalized spacial score (nSPS) is 39.2. The van der Waals surface area contributed by atoms with Crippen molar-refractivity contribution in [3.05, 3.63) is 0 Å². The van der Waals surface area contributed by atoms with Crippen LogP contribution in [0.3, 0.4) is 0 Å². The highest BCUT2D eigenvalue weighted by Crippen LogP contribution is 2.44. The first kappa shape index (κ1) is 10.4. The second kappa shape index (κ2) is 3.49. The lowest BCUT2D eigenvalue weighted by atomic mass is 9.66. The van der Waals surface area contributed by atoms with Crippen LogP contribution in [0.2, 0.25) is 0 Å². The number of nitrogens with one attached hydrogen (secondary N) is 2. The van der Waals surface area contributed by atoms with Gasteiger partial charge >= 0.3 is 0 Å². The van der Waals surface area contributed by atoms with Gasteiger partial charge in [-0.25, -0.2) is 0 Å². The fraction of sp³-hybridized carbons (Fsp3) is 1.00. The molecule has 0 aromatic carbocycles. The van der Waals surface area contributed by atoms with Crippen LogP contribution in [0.25, 0.3) is 0 Å². The lowest BCUT2D eigenvalue weighted by Crippen LogP contribution is -2.53. The average molecular weight is 196 g/mol. The summed E-state index contributed by atoms with van der Waals surface area (Å²) in [6, 6.07) is 0.697. The summed E-state index contributed by atoms with van der Waals surface area (Å²) in [7, 11) is 0. The van der Waals surface area contributed by atoms with Crippen molar-refractivity contribution >= 4 is 0 Å². The molecule has 0 amide bonds. The van der Waals surface area contributed by atoms with Crippen molar-refractivity contribution in [1.29, 1.82) is 0 Å². The summed E-state index contributed by atoms with van der Waals surface area (Å²) in [5, 5.41) is 7.30. The summed E-state index contributed by atoms with van der Waals surface area (Å²) in [4.78, 5) is 0.